The lowest BCUT2D eigenvalue weighted by Crippen LogP contribution is -2.49. The first-order chi connectivity index (χ1) is 13.2. The van der Waals surface area contributed by atoms with Gasteiger partial charge in [-0.05, 0) is 31.9 Å². The number of rotatable bonds is 7. The molecule has 1 aliphatic rings. The standard InChI is InChI=1S/C18H27F2N7.HI/c1-2-21-18(23-14-7-11-26(12-8-14)13-15(19)20)22-9-6-17-25-24-16-5-3-4-10-27(16)17;/h3-5,10,14-15H,2,6-9,11-13H2,1H3,(H2,21,22,23);1H. The average Bonchev–Trinajstić information content (AvgIpc) is 3.06. The zero-order chi connectivity index (χ0) is 19.1. The minimum absolute atomic E-state index is 0. The van der Waals surface area contributed by atoms with Gasteiger partial charge in [-0.3, -0.25) is 14.3 Å². The van der Waals surface area contributed by atoms with Crippen molar-refractivity contribution in [2.75, 3.05) is 32.7 Å². The summed E-state index contributed by atoms with van der Waals surface area (Å²) in [6.45, 7) is 4.63. The van der Waals surface area contributed by atoms with Crippen LogP contribution in [0.15, 0.2) is 29.4 Å². The number of nitrogens with one attached hydrogen (secondary N) is 2. The quantitative estimate of drug-likeness (QED) is 0.342. The molecule has 1 aliphatic heterocycles. The van der Waals surface area contributed by atoms with E-state index in [1.807, 2.05) is 40.6 Å². The third-order valence-corrected chi connectivity index (χ3v) is 4.66. The number of halogens is 3. The van der Waals surface area contributed by atoms with Gasteiger partial charge in [-0.2, -0.15) is 0 Å². The van der Waals surface area contributed by atoms with Gasteiger partial charge >= 0.3 is 0 Å². The molecular weight excluding hydrogens is 479 g/mol. The molecule has 3 heterocycles. The lowest BCUT2D eigenvalue weighted by molar-refractivity contribution is 0.0744. The number of fused-ring (bicyclic) bond motifs is 1. The summed E-state index contributed by atoms with van der Waals surface area (Å²) in [5, 5.41) is 15.1. The molecule has 0 amide bonds. The number of pyridine rings is 1. The van der Waals surface area contributed by atoms with Gasteiger partial charge < -0.3 is 10.6 Å². The Morgan fingerprint density at radius 2 is 2.07 bits per heavy atom. The van der Waals surface area contributed by atoms with Gasteiger partial charge in [-0.15, -0.1) is 34.2 Å². The fourth-order valence-corrected chi connectivity index (χ4v) is 3.30. The van der Waals surface area contributed by atoms with Crippen LogP contribution in [0.5, 0.6) is 0 Å². The number of piperidine rings is 1. The lowest BCUT2D eigenvalue weighted by atomic mass is 10.1. The van der Waals surface area contributed by atoms with Crippen LogP contribution < -0.4 is 10.6 Å². The highest BCUT2D eigenvalue weighted by atomic mass is 127. The van der Waals surface area contributed by atoms with Crippen molar-refractivity contribution in [2.45, 2.75) is 38.7 Å². The van der Waals surface area contributed by atoms with E-state index in [2.05, 4.69) is 25.8 Å². The molecular formula is C18H28F2IN7. The molecule has 156 valence electrons. The van der Waals surface area contributed by atoms with E-state index in [1.165, 1.54) is 0 Å². The van der Waals surface area contributed by atoms with Crippen molar-refractivity contribution in [1.29, 1.82) is 0 Å². The highest BCUT2D eigenvalue weighted by Crippen LogP contribution is 2.12. The van der Waals surface area contributed by atoms with E-state index in [0.717, 1.165) is 36.8 Å². The van der Waals surface area contributed by atoms with Crippen LogP contribution in [0.2, 0.25) is 0 Å². The zero-order valence-electron chi connectivity index (χ0n) is 16.0. The molecule has 2 N–H and O–H groups in total. The van der Waals surface area contributed by atoms with Crippen LogP contribution in [-0.2, 0) is 6.42 Å². The number of aliphatic imine (C=N–C) groups is 1. The summed E-state index contributed by atoms with van der Waals surface area (Å²) in [6, 6.07) is 6.07. The van der Waals surface area contributed by atoms with E-state index in [0.29, 0.717) is 26.1 Å². The largest absolute Gasteiger partial charge is 0.357 e. The second kappa shape index (κ2) is 11.4. The first-order valence-electron chi connectivity index (χ1n) is 9.49. The predicted molar refractivity (Wildman–Crippen MR) is 117 cm³/mol. The van der Waals surface area contributed by atoms with E-state index < -0.39 is 6.43 Å². The SMILES string of the molecule is CCNC(=NCCc1nnc2ccccn12)NC1CCN(CC(F)F)CC1.I. The molecule has 0 aromatic carbocycles. The maximum absolute atomic E-state index is 12.5. The van der Waals surface area contributed by atoms with Gasteiger partial charge in [0.1, 0.15) is 5.82 Å². The van der Waals surface area contributed by atoms with Crippen LogP contribution in [0.25, 0.3) is 5.65 Å². The molecule has 2 aromatic rings. The zero-order valence-corrected chi connectivity index (χ0v) is 18.4. The first-order valence-corrected chi connectivity index (χ1v) is 9.49. The summed E-state index contributed by atoms with van der Waals surface area (Å²) in [7, 11) is 0. The molecule has 0 saturated carbocycles. The summed E-state index contributed by atoms with van der Waals surface area (Å²) in [5.74, 6) is 1.64. The Labute approximate surface area is 181 Å². The smallest absolute Gasteiger partial charge is 0.251 e. The highest BCUT2D eigenvalue weighted by Gasteiger charge is 2.21. The van der Waals surface area contributed by atoms with E-state index in [4.69, 9.17) is 0 Å². The number of hydrogen-bond acceptors (Lipinski definition) is 4. The van der Waals surface area contributed by atoms with Gasteiger partial charge in [0.15, 0.2) is 11.6 Å². The molecule has 1 saturated heterocycles. The molecule has 0 bridgehead atoms. The Morgan fingerprint density at radius 1 is 1.29 bits per heavy atom. The Bertz CT molecular complexity index is 744. The molecule has 1 fully saturated rings. The molecule has 0 unspecified atom stereocenters. The van der Waals surface area contributed by atoms with Gasteiger partial charge in [0.2, 0.25) is 0 Å². The minimum Gasteiger partial charge on any atom is -0.357 e. The van der Waals surface area contributed by atoms with Crippen molar-refractivity contribution >= 4 is 35.6 Å². The molecule has 0 aliphatic carbocycles. The number of hydrogen-bond donors (Lipinski definition) is 2. The molecule has 7 nitrogen and oxygen atoms in total. The van der Waals surface area contributed by atoms with Crippen LogP contribution >= 0.6 is 24.0 Å². The second-order valence-electron chi connectivity index (χ2n) is 6.67. The molecule has 28 heavy (non-hydrogen) atoms. The van der Waals surface area contributed by atoms with Gasteiger partial charge in [0, 0.05) is 44.8 Å². The van der Waals surface area contributed by atoms with E-state index in [-0.39, 0.29) is 36.6 Å². The normalized spacial score (nSPS) is 16.4. The van der Waals surface area contributed by atoms with Crippen molar-refractivity contribution in [3.05, 3.63) is 30.2 Å². The van der Waals surface area contributed by atoms with Crippen molar-refractivity contribution < 1.29 is 8.78 Å². The van der Waals surface area contributed by atoms with Crippen LogP contribution in [0.1, 0.15) is 25.6 Å². The molecule has 0 atom stereocenters. The highest BCUT2D eigenvalue weighted by molar-refractivity contribution is 14.0. The fraction of sp³-hybridized carbons (Fsp3) is 0.611. The Hall–Kier alpha value is -1.56. The second-order valence-corrected chi connectivity index (χ2v) is 6.67. The van der Waals surface area contributed by atoms with Gasteiger partial charge in [0.25, 0.3) is 6.43 Å². The van der Waals surface area contributed by atoms with Crippen LogP contribution in [0.3, 0.4) is 0 Å². The van der Waals surface area contributed by atoms with Gasteiger partial charge in [-0.1, -0.05) is 6.07 Å². The van der Waals surface area contributed by atoms with Crippen LogP contribution in [-0.4, -0.2) is 70.6 Å². The summed E-state index contributed by atoms with van der Waals surface area (Å²) in [6.07, 6.45) is 2.05. The number of alkyl halides is 2. The fourth-order valence-electron chi connectivity index (χ4n) is 3.30. The molecule has 3 rings (SSSR count). The summed E-state index contributed by atoms with van der Waals surface area (Å²) < 4.78 is 26.9. The van der Waals surface area contributed by atoms with Crippen LogP contribution in [0, 0.1) is 0 Å². The number of aromatic nitrogens is 3. The van der Waals surface area contributed by atoms with Crippen molar-refractivity contribution in [3.63, 3.8) is 0 Å². The van der Waals surface area contributed by atoms with E-state index in [9.17, 15) is 8.78 Å². The minimum atomic E-state index is -2.26. The maximum Gasteiger partial charge on any atom is 0.251 e. The maximum atomic E-state index is 12.5. The Balaban J connectivity index is 0.00000280. The van der Waals surface area contributed by atoms with Crippen molar-refractivity contribution in [2.24, 2.45) is 4.99 Å². The molecule has 0 radical (unpaired) electrons. The third kappa shape index (κ3) is 6.50. The molecule has 0 spiro atoms. The molecule has 2 aromatic heterocycles. The predicted octanol–water partition coefficient (Wildman–Crippen LogP) is 2.17. The Morgan fingerprint density at radius 3 is 2.79 bits per heavy atom. The van der Waals surface area contributed by atoms with Gasteiger partial charge in [-0.25, -0.2) is 8.78 Å². The monoisotopic (exact) mass is 507 g/mol. The summed E-state index contributed by atoms with van der Waals surface area (Å²) in [4.78, 5) is 6.46. The Kier molecular flexibility index (Phi) is 9.29. The van der Waals surface area contributed by atoms with Crippen molar-refractivity contribution in [1.82, 2.24) is 30.1 Å². The number of guanidine groups is 1. The number of nitrogens with zero attached hydrogens (tertiary/aromatic N) is 5. The lowest BCUT2D eigenvalue weighted by Gasteiger charge is -2.32. The van der Waals surface area contributed by atoms with E-state index in [1.54, 1.807) is 0 Å². The average molecular weight is 507 g/mol. The molecule has 10 heteroatoms. The number of likely N-dealkylation sites (tertiary alicyclic amines) is 1. The van der Waals surface area contributed by atoms with Crippen molar-refractivity contribution in [3.8, 4) is 0 Å². The summed E-state index contributed by atoms with van der Waals surface area (Å²) in [5.41, 5.74) is 0.831. The van der Waals surface area contributed by atoms with E-state index >= 15 is 0 Å². The first kappa shape index (κ1) is 22.7. The van der Waals surface area contributed by atoms with Gasteiger partial charge in [0.05, 0.1) is 6.54 Å². The topological polar surface area (TPSA) is 69.8 Å². The van der Waals surface area contributed by atoms with Crippen LogP contribution in [0.4, 0.5) is 8.78 Å². The third-order valence-electron chi connectivity index (χ3n) is 4.66. The summed E-state index contributed by atoms with van der Waals surface area (Å²) >= 11 is 0.